The lowest BCUT2D eigenvalue weighted by Gasteiger charge is -2.13. The number of benzene rings is 2. The molecule has 1 aliphatic rings. The maximum absolute atomic E-state index is 12.9. The number of aryl methyl sites for hydroxylation is 1. The van der Waals surface area contributed by atoms with Gasteiger partial charge in [-0.2, -0.15) is 18.2 Å². The van der Waals surface area contributed by atoms with Crippen LogP contribution >= 0.6 is 0 Å². The number of hydrogen-bond acceptors (Lipinski definition) is 6. The summed E-state index contributed by atoms with van der Waals surface area (Å²) in [5.74, 6) is 1.51. The van der Waals surface area contributed by atoms with Gasteiger partial charge in [-0.05, 0) is 43.3 Å². The second-order valence-electron chi connectivity index (χ2n) is 6.23. The van der Waals surface area contributed by atoms with Gasteiger partial charge in [0.25, 0.3) is 0 Å². The minimum atomic E-state index is -4.41. The standard InChI is InChI=1S/C19H16F3N5O/c1-11-9-23-18(26-13-4-2-3-12(7-13)19(20,21)22)27-17(11)25-14-5-6-16-15(8-14)24-10-28-16/h2-9,24H,10H2,1H3,(H2,23,25,26,27). The van der Waals surface area contributed by atoms with E-state index < -0.39 is 11.7 Å². The number of anilines is 5. The third-order valence-corrected chi connectivity index (χ3v) is 4.15. The van der Waals surface area contributed by atoms with Crippen molar-refractivity contribution in [1.82, 2.24) is 9.97 Å². The molecule has 28 heavy (non-hydrogen) atoms. The van der Waals surface area contributed by atoms with Gasteiger partial charge in [-0.15, -0.1) is 0 Å². The number of rotatable bonds is 4. The van der Waals surface area contributed by atoms with Crippen molar-refractivity contribution in [3.05, 3.63) is 59.8 Å². The van der Waals surface area contributed by atoms with E-state index >= 15 is 0 Å². The molecule has 2 heterocycles. The first kappa shape index (κ1) is 17.9. The van der Waals surface area contributed by atoms with Crippen LogP contribution in [0.5, 0.6) is 5.75 Å². The maximum Gasteiger partial charge on any atom is 0.416 e. The molecular formula is C19H16F3N5O. The second kappa shape index (κ2) is 6.91. The number of nitrogens with zero attached hydrogens (tertiary/aromatic N) is 2. The van der Waals surface area contributed by atoms with E-state index in [1.165, 1.54) is 12.1 Å². The summed E-state index contributed by atoms with van der Waals surface area (Å²) in [5, 5.41) is 9.12. The van der Waals surface area contributed by atoms with Crippen LogP contribution in [0.4, 0.5) is 42.0 Å². The largest absolute Gasteiger partial charge is 0.471 e. The van der Waals surface area contributed by atoms with Gasteiger partial charge in [0.05, 0.1) is 11.3 Å². The molecule has 144 valence electrons. The molecule has 0 spiro atoms. The minimum Gasteiger partial charge on any atom is -0.471 e. The number of ether oxygens (including phenoxy) is 1. The van der Waals surface area contributed by atoms with Crippen molar-refractivity contribution >= 4 is 28.8 Å². The van der Waals surface area contributed by atoms with Crippen LogP contribution in [-0.2, 0) is 6.18 Å². The van der Waals surface area contributed by atoms with Crippen LogP contribution in [0, 0.1) is 6.92 Å². The monoisotopic (exact) mass is 387 g/mol. The molecule has 0 bridgehead atoms. The Hall–Kier alpha value is -3.49. The molecule has 0 saturated heterocycles. The zero-order chi connectivity index (χ0) is 19.7. The van der Waals surface area contributed by atoms with Gasteiger partial charge < -0.3 is 20.7 Å². The number of halogens is 3. The first-order chi connectivity index (χ1) is 13.4. The molecule has 0 aliphatic carbocycles. The molecule has 0 atom stereocenters. The lowest BCUT2D eigenvalue weighted by molar-refractivity contribution is -0.137. The lowest BCUT2D eigenvalue weighted by Crippen LogP contribution is -2.06. The Balaban J connectivity index is 1.56. The number of fused-ring (bicyclic) bond motifs is 1. The van der Waals surface area contributed by atoms with Gasteiger partial charge in [0.15, 0.2) is 6.73 Å². The molecule has 3 aromatic rings. The van der Waals surface area contributed by atoms with E-state index in [9.17, 15) is 13.2 Å². The maximum atomic E-state index is 12.9. The lowest BCUT2D eigenvalue weighted by atomic mass is 10.2. The summed E-state index contributed by atoms with van der Waals surface area (Å²) in [7, 11) is 0. The van der Waals surface area contributed by atoms with Crippen LogP contribution in [-0.4, -0.2) is 16.7 Å². The number of aromatic nitrogens is 2. The van der Waals surface area contributed by atoms with E-state index in [4.69, 9.17) is 4.74 Å². The number of alkyl halides is 3. The van der Waals surface area contributed by atoms with E-state index in [0.717, 1.165) is 34.8 Å². The van der Waals surface area contributed by atoms with E-state index in [0.29, 0.717) is 12.5 Å². The van der Waals surface area contributed by atoms with Gasteiger partial charge in [-0.25, -0.2) is 4.98 Å². The van der Waals surface area contributed by atoms with E-state index in [2.05, 4.69) is 25.9 Å². The molecule has 1 aliphatic heterocycles. The highest BCUT2D eigenvalue weighted by atomic mass is 19.4. The third kappa shape index (κ3) is 3.78. The van der Waals surface area contributed by atoms with Crippen LogP contribution < -0.4 is 20.7 Å². The van der Waals surface area contributed by atoms with Crippen molar-refractivity contribution in [3.8, 4) is 5.75 Å². The van der Waals surface area contributed by atoms with Gasteiger partial charge in [0.1, 0.15) is 11.6 Å². The van der Waals surface area contributed by atoms with Crippen molar-refractivity contribution in [1.29, 1.82) is 0 Å². The molecule has 6 nitrogen and oxygen atoms in total. The summed E-state index contributed by atoms with van der Waals surface area (Å²) >= 11 is 0. The van der Waals surface area contributed by atoms with Crippen LogP contribution in [0.2, 0.25) is 0 Å². The smallest absolute Gasteiger partial charge is 0.416 e. The topological polar surface area (TPSA) is 71.1 Å². The molecule has 0 unspecified atom stereocenters. The Morgan fingerprint density at radius 3 is 2.71 bits per heavy atom. The van der Waals surface area contributed by atoms with Crippen molar-refractivity contribution in [2.45, 2.75) is 13.1 Å². The molecule has 2 aromatic carbocycles. The molecule has 1 aromatic heterocycles. The van der Waals surface area contributed by atoms with E-state index in [1.807, 2.05) is 25.1 Å². The zero-order valence-electron chi connectivity index (χ0n) is 14.8. The predicted octanol–water partition coefficient (Wildman–Crippen LogP) is 5.05. The van der Waals surface area contributed by atoms with Crippen molar-refractivity contribution in [2.24, 2.45) is 0 Å². The Morgan fingerprint density at radius 2 is 1.89 bits per heavy atom. The minimum absolute atomic E-state index is 0.190. The highest BCUT2D eigenvalue weighted by Crippen LogP contribution is 2.33. The van der Waals surface area contributed by atoms with Crippen molar-refractivity contribution < 1.29 is 17.9 Å². The molecule has 3 N–H and O–H groups in total. The van der Waals surface area contributed by atoms with E-state index in [-0.39, 0.29) is 11.6 Å². The highest BCUT2D eigenvalue weighted by molar-refractivity contribution is 5.70. The quantitative estimate of drug-likeness (QED) is 0.582. The third-order valence-electron chi connectivity index (χ3n) is 4.15. The fourth-order valence-electron chi connectivity index (χ4n) is 2.73. The predicted molar refractivity (Wildman–Crippen MR) is 100 cm³/mol. The average Bonchev–Trinajstić information content (AvgIpc) is 3.12. The van der Waals surface area contributed by atoms with E-state index in [1.54, 1.807) is 6.20 Å². The van der Waals surface area contributed by atoms with Gasteiger partial charge in [0.2, 0.25) is 5.95 Å². The summed E-state index contributed by atoms with van der Waals surface area (Å²) in [4.78, 5) is 8.53. The van der Waals surface area contributed by atoms with Gasteiger partial charge in [0, 0.05) is 23.1 Å². The SMILES string of the molecule is Cc1cnc(Nc2cccc(C(F)(F)F)c2)nc1Nc1ccc2c(c1)NCO2. The second-order valence-corrected chi connectivity index (χ2v) is 6.23. The Bertz CT molecular complexity index is 1020. The van der Waals surface area contributed by atoms with Crippen LogP contribution in [0.15, 0.2) is 48.7 Å². The molecule has 0 amide bonds. The molecular weight excluding hydrogens is 371 g/mol. The van der Waals surface area contributed by atoms with Crippen LogP contribution in [0.25, 0.3) is 0 Å². The molecule has 0 fully saturated rings. The fourth-order valence-corrected chi connectivity index (χ4v) is 2.73. The highest BCUT2D eigenvalue weighted by Gasteiger charge is 2.30. The Morgan fingerprint density at radius 1 is 1.07 bits per heavy atom. The Kier molecular flexibility index (Phi) is 4.42. The molecule has 4 rings (SSSR count). The zero-order valence-corrected chi connectivity index (χ0v) is 14.8. The summed E-state index contributed by atoms with van der Waals surface area (Å²) < 4.78 is 44.0. The first-order valence-corrected chi connectivity index (χ1v) is 8.44. The molecule has 0 radical (unpaired) electrons. The summed E-state index contributed by atoms with van der Waals surface area (Å²) in [6, 6.07) is 10.5. The van der Waals surface area contributed by atoms with Gasteiger partial charge in [-0.1, -0.05) is 6.07 Å². The van der Waals surface area contributed by atoms with Crippen molar-refractivity contribution in [3.63, 3.8) is 0 Å². The normalized spacial score (nSPS) is 12.7. The molecule has 9 heteroatoms. The number of hydrogen-bond donors (Lipinski definition) is 3. The number of nitrogens with one attached hydrogen (secondary N) is 3. The van der Waals surface area contributed by atoms with Crippen molar-refractivity contribution in [2.75, 3.05) is 22.7 Å². The van der Waals surface area contributed by atoms with Crippen LogP contribution in [0.3, 0.4) is 0 Å². The summed E-state index contributed by atoms with van der Waals surface area (Å²) in [6.07, 6.45) is -2.82. The summed E-state index contributed by atoms with van der Waals surface area (Å²) in [6.45, 7) is 2.27. The van der Waals surface area contributed by atoms with Gasteiger partial charge >= 0.3 is 6.18 Å². The molecule has 0 saturated carbocycles. The first-order valence-electron chi connectivity index (χ1n) is 8.44. The summed E-state index contributed by atoms with van der Waals surface area (Å²) in [5.41, 5.74) is 1.97. The van der Waals surface area contributed by atoms with Crippen LogP contribution in [0.1, 0.15) is 11.1 Å². The fraction of sp³-hybridized carbons (Fsp3) is 0.158. The average molecular weight is 387 g/mol. The van der Waals surface area contributed by atoms with Gasteiger partial charge in [-0.3, -0.25) is 0 Å². The Labute approximate surface area is 158 Å².